The fourth-order valence-electron chi connectivity index (χ4n) is 0.832. The van der Waals surface area contributed by atoms with Crippen LogP contribution in [0.1, 0.15) is 6.92 Å². The van der Waals surface area contributed by atoms with Gasteiger partial charge in [-0.15, -0.1) is 0 Å². The Hall–Kier alpha value is -1.75. The van der Waals surface area contributed by atoms with E-state index in [9.17, 15) is 14.4 Å². The number of hydroxylamine groups is 2. The minimum Gasteiger partial charge on any atom is -0.290 e. The van der Waals surface area contributed by atoms with E-state index in [2.05, 4.69) is 0 Å². The van der Waals surface area contributed by atoms with Crippen molar-refractivity contribution in [3.8, 4) is 0 Å². The summed E-state index contributed by atoms with van der Waals surface area (Å²) in [7, 11) is 0. The van der Waals surface area contributed by atoms with Crippen molar-refractivity contribution in [1.82, 2.24) is 5.06 Å². The first-order chi connectivity index (χ1) is 6.02. The topological polar surface area (TPSA) is 74.7 Å². The van der Waals surface area contributed by atoms with E-state index in [4.69, 9.17) is 5.21 Å². The number of amides is 1. The lowest BCUT2D eigenvalue weighted by atomic mass is 10.1. The van der Waals surface area contributed by atoms with Crippen LogP contribution in [-0.2, 0) is 14.4 Å². The molecule has 0 radical (unpaired) electrons. The van der Waals surface area contributed by atoms with Gasteiger partial charge < -0.3 is 0 Å². The average Bonchev–Trinajstić information content (AvgIpc) is 2.08. The minimum atomic E-state index is -0.720. The summed E-state index contributed by atoms with van der Waals surface area (Å²) in [5, 5.41) is 9.20. The Morgan fingerprint density at radius 1 is 1.38 bits per heavy atom. The summed E-state index contributed by atoms with van der Waals surface area (Å²) >= 11 is 0. The third kappa shape index (κ3) is 1.88. The molecule has 0 aromatic rings. The van der Waals surface area contributed by atoms with E-state index < -0.39 is 17.5 Å². The van der Waals surface area contributed by atoms with Crippen molar-refractivity contribution in [3.63, 3.8) is 0 Å². The van der Waals surface area contributed by atoms with Crippen molar-refractivity contribution in [2.24, 2.45) is 0 Å². The highest BCUT2D eigenvalue weighted by Crippen LogP contribution is 2.08. The highest BCUT2D eigenvalue weighted by Gasteiger charge is 2.21. The number of carbonyl (C=O) groups is 3. The van der Waals surface area contributed by atoms with Crippen LogP contribution in [0.15, 0.2) is 23.9 Å². The van der Waals surface area contributed by atoms with Gasteiger partial charge in [0, 0.05) is 13.0 Å². The number of nitrogens with zero attached hydrogens (tertiary/aromatic N) is 1. The first-order valence-electron chi connectivity index (χ1n) is 3.50. The summed E-state index contributed by atoms with van der Waals surface area (Å²) in [4.78, 5) is 32.4. The maximum absolute atomic E-state index is 11.0. The normalized spacial score (nSPS) is 15.7. The smallest absolute Gasteiger partial charge is 0.247 e. The second-order valence-corrected chi connectivity index (χ2v) is 2.46. The van der Waals surface area contributed by atoms with Crippen molar-refractivity contribution in [1.29, 1.82) is 0 Å². The number of rotatable bonds is 1. The van der Waals surface area contributed by atoms with Crippen LogP contribution in [0.2, 0.25) is 0 Å². The zero-order valence-corrected chi connectivity index (χ0v) is 6.85. The van der Waals surface area contributed by atoms with Gasteiger partial charge in [-0.05, 0) is 12.2 Å². The molecule has 1 aliphatic rings. The number of hydrogen-bond acceptors (Lipinski definition) is 4. The molecular weight excluding hydrogens is 174 g/mol. The predicted molar refractivity (Wildman–Crippen MR) is 41.5 cm³/mol. The van der Waals surface area contributed by atoms with Gasteiger partial charge in [0.25, 0.3) is 0 Å². The lowest BCUT2D eigenvalue weighted by molar-refractivity contribution is -0.156. The molecule has 1 rings (SSSR count). The zero-order valence-electron chi connectivity index (χ0n) is 6.85. The minimum absolute atomic E-state index is 0.156. The van der Waals surface area contributed by atoms with E-state index in [1.165, 1.54) is 0 Å². The van der Waals surface area contributed by atoms with Crippen LogP contribution < -0.4 is 0 Å². The van der Waals surface area contributed by atoms with Crippen molar-refractivity contribution < 1.29 is 19.6 Å². The molecule has 0 bridgehead atoms. The number of ketones is 2. The molecule has 5 heteroatoms. The highest BCUT2D eigenvalue weighted by atomic mass is 16.5. The van der Waals surface area contributed by atoms with Gasteiger partial charge in [0.15, 0.2) is 5.78 Å². The quantitative estimate of drug-likeness (QED) is 0.346. The maximum atomic E-state index is 11.0. The van der Waals surface area contributed by atoms with Crippen LogP contribution in [0, 0.1) is 0 Å². The Bertz CT molecular complexity index is 340. The van der Waals surface area contributed by atoms with Gasteiger partial charge in [0.05, 0.1) is 0 Å². The molecule has 0 atom stereocenters. The molecule has 0 aliphatic heterocycles. The van der Waals surface area contributed by atoms with Gasteiger partial charge in [0.2, 0.25) is 11.7 Å². The lowest BCUT2D eigenvalue weighted by Gasteiger charge is -2.15. The third-order valence-corrected chi connectivity index (χ3v) is 1.46. The van der Waals surface area contributed by atoms with Crippen molar-refractivity contribution in [2.45, 2.75) is 6.92 Å². The predicted octanol–water partition coefficient (Wildman–Crippen LogP) is -0.184. The van der Waals surface area contributed by atoms with Crippen LogP contribution in [0.3, 0.4) is 0 Å². The first kappa shape index (κ1) is 9.34. The van der Waals surface area contributed by atoms with Crippen LogP contribution in [-0.4, -0.2) is 27.7 Å². The molecule has 0 unspecified atom stereocenters. The summed E-state index contributed by atoms with van der Waals surface area (Å²) in [6.45, 7) is 1.08. The van der Waals surface area contributed by atoms with E-state index >= 15 is 0 Å². The van der Waals surface area contributed by atoms with E-state index in [0.29, 0.717) is 0 Å². The number of allylic oxidation sites excluding steroid dienone is 3. The summed E-state index contributed by atoms with van der Waals surface area (Å²) in [5.41, 5.74) is -0.319. The summed E-state index contributed by atoms with van der Waals surface area (Å²) < 4.78 is 0. The van der Waals surface area contributed by atoms with Crippen LogP contribution >= 0.6 is 0 Å². The molecule has 0 heterocycles. The molecule has 1 N–H and O–H groups in total. The van der Waals surface area contributed by atoms with Crippen LogP contribution in [0.25, 0.3) is 0 Å². The molecular formula is C8H7NO4. The Morgan fingerprint density at radius 3 is 2.54 bits per heavy atom. The van der Waals surface area contributed by atoms with Crippen molar-refractivity contribution in [3.05, 3.63) is 23.9 Å². The fraction of sp³-hybridized carbons (Fsp3) is 0.125. The SMILES string of the molecule is CC(=O)N(O)C1=CC(=O)C=CC1=O. The Kier molecular flexibility index (Phi) is 2.39. The molecule has 1 aliphatic carbocycles. The van der Waals surface area contributed by atoms with Gasteiger partial charge in [-0.2, -0.15) is 5.06 Å². The van der Waals surface area contributed by atoms with Crippen LogP contribution in [0.5, 0.6) is 0 Å². The molecule has 0 aromatic carbocycles. The van der Waals surface area contributed by atoms with Gasteiger partial charge in [-0.3, -0.25) is 19.6 Å². The molecule has 1 amide bonds. The van der Waals surface area contributed by atoms with Crippen molar-refractivity contribution in [2.75, 3.05) is 0 Å². The highest BCUT2D eigenvalue weighted by molar-refractivity contribution is 6.17. The Morgan fingerprint density at radius 2 is 2.00 bits per heavy atom. The zero-order chi connectivity index (χ0) is 10.0. The molecule has 0 spiro atoms. The van der Waals surface area contributed by atoms with Gasteiger partial charge in [0.1, 0.15) is 5.70 Å². The molecule has 68 valence electrons. The standard InChI is InChI=1S/C8H7NO4/c1-5(10)9(13)7-4-6(11)2-3-8(7)12/h2-4,13H,1H3. The molecule has 0 saturated carbocycles. The maximum Gasteiger partial charge on any atom is 0.247 e. The molecule has 0 saturated heterocycles. The van der Waals surface area contributed by atoms with E-state index in [0.717, 1.165) is 25.2 Å². The third-order valence-electron chi connectivity index (χ3n) is 1.46. The summed E-state index contributed by atoms with van der Waals surface area (Å²) in [6.07, 6.45) is 2.98. The van der Waals surface area contributed by atoms with E-state index in [1.54, 1.807) is 0 Å². The van der Waals surface area contributed by atoms with Gasteiger partial charge in [-0.25, -0.2) is 0 Å². The van der Waals surface area contributed by atoms with Gasteiger partial charge >= 0.3 is 0 Å². The Labute approximate surface area is 73.9 Å². The number of hydrogen-bond donors (Lipinski definition) is 1. The molecule has 0 aromatic heterocycles. The largest absolute Gasteiger partial charge is 0.290 e. The second kappa shape index (κ2) is 3.32. The monoisotopic (exact) mass is 181 g/mol. The molecule has 13 heavy (non-hydrogen) atoms. The van der Waals surface area contributed by atoms with E-state index in [-0.39, 0.29) is 10.8 Å². The number of carbonyl (C=O) groups excluding carboxylic acids is 3. The molecule has 0 fully saturated rings. The fourth-order valence-corrected chi connectivity index (χ4v) is 0.832. The van der Waals surface area contributed by atoms with Gasteiger partial charge in [-0.1, -0.05) is 0 Å². The Balaban J connectivity index is 2.97. The summed E-state index contributed by atoms with van der Waals surface area (Å²) in [6, 6.07) is 0. The van der Waals surface area contributed by atoms with E-state index in [1.807, 2.05) is 0 Å². The second-order valence-electron chi connectivity index (χ2n) is 2.46. The average molecular weight is 181 g/mol. The first-order valence-corrected chi connectivity index (χ1v) is 3.50. The lowest BCUT2D eigenvalue weighted by Crippen LogP contribution is -2.29. The molecule has 5 nitrogen and oxygen atoms in total. The van der Waals surface area contributed by atoms with Crippen molar-refractivity contribution >= 4 is 17.5 Å². The summed E-state index contributed by atoms with van der Waals surface area (Å²) in [5.74, 6) is -1.73. The van der Waals surface area contributed by atoms with Crippen LogP contribution in [0.4, 0.5) is 0 Å².